The Morgan fingerprint density at radius 3 is 2.36 bits per heavy atom. The lowest BCUT2D eigenvalue weighted by Gasteiger charge is -2.18. The number of nitrogens with zero attached hydrogens (tertiary/aromatic N) is 1. The summed E-state index contributed by atoms with van der Waals surface area (Å²) in [5.41, 5.74) is -1.05. The van der Waals surface area contributed by atoms with Gasteiger partial charge in [0.1, 0.15) is 6.10 Å². The van der Waals surface area contributed by atoms with Crippen molar-refractivity contribution in [1.29, 1.82) is 0 Å². The average Bonchev–Trinajstić information content (AvgIpc) is 1.53. The molecule has 0 rings (SSSR count). The largest absolute Gasteiger partial charge is 0.390 e. The van der Waals surface area contributed by atoms with Crippen LogP contribution in [0.4, 0.5) is 0 Å². The second-order valence-corrected chi connectivity index (χ2v) is 3.19. The lowest BCUT2D eigenvalue weighted by molar-refractivity contribution is -0.491. The van der Waals surface area contributed by atoms with Gasteiger partial charge in [-0.1, -0.05) is 0 Å². The molecule has 11 heavy (non-hydrogen) atoms. The van der Waals surface area contributed by atoms with Crippen molar-refractivity contribution in [2.75, 3.05) is 6.54 Å². The Hall–Kier alpha value is -0.680. The second-order valence-electron chi connectivity index (χ2n) is 3.19. The quantitative estimate of drug-likeness (QED) is 0.443. The molecule has 0 fully saturated rings. The summed E-state index contributed by atoms with van der Waals surface area (Å²) in [7, 11) is 0. The van der Waals surface area contributed by atoms with Gasteiger partial charge in [0.2, 0.25) is 6.54 Å². The summed E-state index contributed by atoms with van der Waals surface area (Å²) in [5, 5.41) is 27.9. The fourth-order valence-electron chi connectivity index (χ4n) is 0.813. The van der Waals surface area contributed by atoms with E-state index >= 15 is 0 Å². The van der Waals surface area contributed by atoms with Crippen LogP contribution in [0.25, 0.3) is 0 Å². The first-order chi connectivity index (χ1) is 4.81. The van der Waals surface area contributed by atoms with Gasteiger partial charge in [0.25, 0.3) is 0 Å². The molecule has 66 valence electrons. The van der Waals surface area contributed by atoms with Crippen molar-refractivity contribution >= 4 is 0 Å². The highest BCUT2D eigenvalue weighted by Crippen LogP contribution is 2.10. The summed E-state index contributed by atoms with van der Waals surface area (Å²) in [6.45, 7) is 2.48. The van der Waals surface area contributed by atoms with Crippen LogP contribution in [0.3, 0.4) is 0 Å². The number of aliphatic hydroxyl groups excluding tert-OH is 1. The predicted octanol–water partition coefficient (Wildman–Crippen LogP) is -0.215. The zero-order chi connectivity index (χ0) is 9.07. The standard InChI is InChI=1S/C6H13NO4/c1-6(2,9)3-5(8)4-7(10)11/h5,8-9H,3-4H2,1-2H3. The maximum Gasteiger partial charge on any atom is 0.229 e. The van der Waals surface area contributed by atoms with Crippen LogP contribution in [0, 0.1) is 10.1 Å². The van der Waals surface area contributed by atoms with Gasteiger partial charge in [-0.05, 0) is 13.8 Å². The Balaban J connectivity index is 3.69. The van der Waals surface area contributed by atoms with Gasteiger partial charge in [0.15, 0.2) is 0 Å². The second kappa shape index (κ2) is 3.64. The molecule has 0 aliphatic heterocycles. The highest BCUT2D eigenvalue weighted by Gasteiger charge is 2.21. The number of hydrogen-bond acceptors (Lipinski definition) is 4. The van der Waals surface area contributed by atoms with Crippen molar-refractivity contribution in [3.63, 3.8) is 0 Å². The van der Waals surface area contributed by atoms with E-state index < -0.39 is 23.2 Å². The van der Waals surface area contributed by atoms with Gasteiger partial charge < -0.3 is 10.2 Å². The van der Waals surface area contributed by atoms with Crippen molar-refractivity contribution in [1.82, 2.24) is 0 Å². The molecule has 0 amide bonds. The molecule has 5 heteroatoms. The van der Waals surface area contributed by atoms with Crippen molar-refractivity contribution in [2.24, 2.45) is 0 Å². The Morgan fingerprint density at radius 2 is 2.09 bits per heavy atom. The third-order valence-electron chi connectivity index (χ3n) is 1.09. The van der Waals surface area contributed by atoms with Gasteiger partial charge in [-0.3, -0.25) is 10.1 Å². The van der Waals surface area contributed by atoms with Crippen LogP contribution in [-0.4, -0.2) is 33.4 Å². The van der Waals surface area contributed by atoms with E-state index in [0.717, 1.165) is 0 Å². The number of hydrogen-bond donors (Lipinski definition) is 2. The number of rotatable bonds is 4. The molecule has 5 nitrogen and oxygen atoms in total. The molecule has 0 heterocycles. The zero-order valence-corrected chi connectivity index (χ0v) is 6.65. The van der Waals surface area contributed by atoms with E-state index in [4.69, 9.17) is 10.2 Å². The molecule has 0 radical (unpaired) electrons. The summed E-state index contributed by atoms with van der Waals surface area (Å²) >= 11 is 0. The summed E-state index contributed by atoms with van der Waals surface area (Å²) in [6.07, 6.45) is -1.04. The van der Waals surface area contributed by atoms with Crippen LogP contribution >= 0.6 is 0 Å². The highest BCUT2D eigenvalue weighted by atomic mass is 16.6. The van der Waals surface area contributed by atoms with Crippen molar-refractivity contribution in [3.05, 3.63) is 10.1 Å². The first-order valence-corrected chi connectivity index (χ1v) is 3.33. The molecule has 1 unspecified atom stereocenters. The van der Waals surface area contributed by atoms with Gasteiger partial charge in [0, 0.05) is 11.3 Å². The minimum absolute atomic E-state index is 0.0218. The van der Waals surface area contributed by atoms with E-state index in [1.807, 2.05) is 0 Å². The summed E-state index contributed by atoms with van der Waals surface area (Å²) < 4.78 is 0. The van der Waals surface area contributed by atoms with E-state index in [1.165, 1.54) is 13.8 Å². The third-order valence-corrected chi connectivity index (χ3v) is 1.09. The van der Waals surface area contributed by atoms with Crippen molar-refractivity contribution < 1.29 is 15.1 Å². The average molecular weight is 163 g/mol. The number of aliphatic hydroxyl groups is 2. The van der Waals surface area contributed by atoms with E-state index in [0.29, 0.717) is 0 Å². The molecule has 0 aromatic heterocycles. The molecule has 0 aliphatic rings. The minimum Gasteiger partial charge on any atom is -0.390 e. The lowest BCUT2D eigenvalue weighted by atomic mass is 10.0. The molecule has 0 bridgehead atoms. The molecule has 0 aromatic rings. The first-order valence-electron chi connectivity index (χ1n) is 3.33. The van der Waals surface area contributed by atoms with Crippen molar-refractivity contribution in [3.8, 4) is 0 Å². The summed E-state index contributed by atoms with van der Waals surface area (Å²) in [4.78, 5) is 9.26. The fourth-order valence-corrected chi connectivity index (χ4v) is 0.813. The van der Waals surface area contributed by atoms with E-state index in [9.17, 15) is 10.1 Å². The van der Waals surface area contributed by atoms with Gasteiger partial charge in [-0.2, -0.15) is 0 Å². The molecule has 2 N–H and O–H groups in total. The molecular weight excluding hydrogens is 150 g/mol. The molecule has 0 saturated carbocycles. The van der Waals surface area contributed by atoms with Crippen LogP contribution in [-0.2, 0) is 0 Å². The number of nitro groups is 1. The third kappa shape index (κ3) is 7.21. The van der Waals surface area contributed by atoms with E-state index in [-0.39, 0.29) is 6.42 Å². The topological polar surface area (TPSA) is 83.6 Å². The van der Waals surface area contributed by atoms with E-state index in [1.54, 1.807) is 0 Å². The monoisotopic (exact) mass is 163 g/mol. The van der Waals surface area contributed by atoms with Crippen LogP contribution in [0.2, 0.25) is 0 Å². The molecule has 0 aliphatic carbocycles. The van der Waals surface area contributed by atoms with Crippen LogP contribution in [0.1, 0.15) is 20.3 Å². The molecule has 0 saturated heterocycles. The molecule has 1 atom stereocenters. The van der Waals surface area contributed by atoms with Crippen LogP contribution in [0.15, 0.2) is 0 Å². The summed E-state index contributed by atoms with van der Waals surface area (Å²) in [6, 6.07) is 0. The molecule has 0 spiro atoms. The normalized spacial score (nSPS) is 14.5. The summed E-state index contributed by atoms with van der Waals surface area (Å²) in [5.74, 6) is 0. The highest BCUT2D eigenvalue weighted by molar-refractivity contribution is 4.70. The maximum atomic E-state index is 9.86. The zero-order valence-electron chi connectivity index (χ0n) is 6.65. The molecular formula is C6H13NO4. The smallest absolute Gasteiger partial charge is 0.229 e. The Kier molecular flexibility index (Phi) is 3.41. The minimum atomic E-state index is -1.06. The maximum absolute atomic E-state index is 9.86. The van der Waals surface area contributed by atoms with Crippen LogP contribution < -0.4 is 0 Å². The van der Waals surface area contributed by atoms with Crippen molar-refractivity contribution in [2.45, 2.75) is 32.0 Å². The van der Waals surface area contributed by atoms with Gasteiger partial charge in [-0.15, -0.1) is 0 Å². The van der Waals surface area contributed by atoms with Gasteiger partial charge in [0.05, 0.1) is 5.60 Å². The van der Waals surface area contributed by atoms with Crippen LogP contribution in [0.5, 0.6) is 0 Å². The Labute approximate surface area is 64.8 Å². The molecule has 0 aromatic carbocycles. The lowest BCUT2D eigenvalue weighted by Crippen LogP contribution is -2.30. The predicted molar refractivity (Wildman–Crippen MR) is 38.8 cm³/mol. The Morgan fingerprint density at radius 1 is 1.64 bits per heavy atom. The van der Waals surface area contributed by atoms with E-state index in [2.05, 4.69) is 0 Å². The first kappa shape index (κ1) is 10.3. The fraction of sp³-hybridized carbons (Fsp3) is 1.00. The SMILES string of the molecule is CC(C)(O)CC(O)C[N+](=O)[O-]. The van der Waals surface area contributed by atoms with Gasteiger partial charge in [-0.25, -0.2) is 0 Å². The van der Waals surface area contributed by atoms with Gasteiger partial charge >= 0.3 is 0 Å². The Bertz CT molecular complexity index is 140.